The summed E-state index contributed by atoms with van der Waals surface area (Å²) in [4.78, 5) is 0. The number of rotatable bonds is 19. The first-order valence-electron chi connectivity index (χ1n) is 11.4. The molecule has 0 aromatic rings. The summed E-state index contributed by atoms with van der Waals surface area (Å²) >= 11 is 0. The molecule has 0 saturated carbocycles. The molecular weight excluding hydrogens is 386 g/mol. The number of aliphatic hydroxyl groups excluding tert-OH is 1. The second kappa shape index (κ2) is 20.1. The molecule has 160 valence electrons. The lowest BCUT2D eigenvalue weighted by Crippen LogP contribution is -3.00. The van der Waals surface area contributed by atoms with Crippen molar-refractivity contribution in [2.75, 3.05) is 27.7 Å². The van der Waals surface area contributed by atoms with Gasteiger partial charge in [0.1, 0.15) is 0 Å². The maximum atomic E-state index is 9.07. The van der Waals surface area contributed by atoms with Crippen LogP contribution in [-0.2, 0) is 0 Å². The molecule has 0 rings (SSSR count). The SMILES string of the molecule is CCCCCCCCCCCCCCCCC(CCCO)[N+](C)(C)C.[Br-]. The van der Waals surface area contributed by atoms with Gasteiger partial charge in [0, 0.05) is 13.0 Å². The van der Waals surface area contributed by atoms with E-state index in [-0.39, 0.29) is 17.0 Å². The largest absolute Gasteiger partial charge is 1.00 e. The fraction of sp³-hybridized carbons (Fsp3) is 1.00. The minimum Gasteiger partial charge on any atom is -1.00 e. The highest BCUT2D eigenvalue weighted by molar-refractivity contribution is 4.59. The molecule has 2 nitrogen and oxygen atoms in total. The third-order valence-corrected chi connectivity index (χ3v) is 5.68. The summed E-state index contributed by atoms with van der Waals surface area (Å²) < 4.78 is 1.04. The van der Waals surface area contributed by atoms with Crippen molar-refractivity contribution in [1.29, 1.82) is 0 Å². The van der Waals surface area contributed by atoms with Gasteiger partial charge in [0.05, 0.1) is 27.2 Å². The van der Waals surface area contributed by atoms with Gasteiger partial charge in [-0.2, -0.15) is 0 Å². The van der Waals surface area contributed by atoms with Crippen LogP contribution in [0, 0.1) is 0 Å². The Morgan fingerprint density at radius 2 is 0.923 bits per heavy atom. The standard InChI is InChI=1S/C23H50NO.BrH/c1-5-6-7-8-9-10-11-12-13-14-15-16-17-18-20-23(21-19-22-25)24(2,3)4;/h23,25H,5-22H2,1-4H3;1H/q+1;/p-1. The van der Waals surface area contributed by atoms with Crippen molar-refractivity contribution in [1.82, 2.24) is 0 Å². The van der Waals surface area contributed by atoms with Crippen LogP contribution in [0.4, 0.5) is 0 Å². The van der Waals surface area contributed by atoms with E-state index in [0.717, 1.165) is 10.9 Å². The van der Waals surface area contributed by atoms with Crippen LogP contribution in [0.1, 0.15) is 116 Å². The Bertz CT molecular complexity index is 265. The second-order valence-corrected chi connectivity index (χ2v) is 9.02. The van der Waals surface area contributed by atoms with E-state index in [0.29, 0.717) is 12.6 Å². The molecule has 1 unspecified atom stereocenters. The first-order valence-corrected chi connectivity index (χ1v) is 11.4. The van der Waals surface area contributed by atoms with E-state index in [9.17, 15) is 0 Å². The van der Waals surface area contributed by atoms with Gasteiger partial charge in [-0.15, -0.1) is 0 Å². The minimum atomic E-state index is 0. The van der Waals surface area contributed by atoms with Gasteiger partial charge in [-0.05, 0) is 19.3 Å². The number of halogens is 1. The Kier molecular flexibility index (Phi) is 22.2. The molecule has 0 aliphatic heterocycles. The molecule has 0 aromatic heterocycles. The second-order valence-electron chi connectivity index (χ2n) is 9.02. The third kappa shape index (κ3) is 19.2. The maximum Gasteiger partial charge on any atom is 0.0884 e. The minimum absolute atomic E-state index is 0. The molecule has 0 aromatic carbocycles. The Morgan fingerprint density at radius 1 is 0.577 bits per heavy atom. The van der Waals surface area contributed by atoms with Crippen molar-refractivity contribution >= 4 is 0 Å². The summed E-state index contributed by atoms with van der Waals surface area (Å²) in [5, 5.41) is 9.07. The summed E-state index contributed by atoms with van der Waals surface area (Å²) in [6.07, 6.45) is 23.5. The number of nitrogens with zero attached hydrogens (tertiary/aromatic N) is 1. The quantitative estimate of drug-likeness (QED) is 0.242. The van der Waals surface area contributed by atoms with Gasteiger partial charge in [-0.25, -0.2) is 0 Å². The molecule has 0 saturated heterocycles. The molecular formula is C23H50BrNO. The van der Waals surface area contributed by atoms with Crippen molar-refractivity contribution in [2.45, 2.75) is 122 Å². The third-order valence-electron chi connectivity index (χ3n) is 5.68. The Morgan fingerprint density at radius 3 is 1.27 bits per heavy atom. The van der Waals surface area contributed by atoms with Gasteiger partial charge >= 0.3 is 0 Å². The molecule has 26 heavy (non-hydrogen) atoms. The van der Waals surface area contributed by atoms with Crippen molar-refractivity contribution in [3.05, 3.63) is 0 Å². The zero-order valence-corrected chi connectivity index (χ0v) is 20.2. The van der Waals surface area contributed by atoms with Gasteiger partial charge in [-0.3, -0.25) is 0 Å². The summed E-state index contributed by atoms with van der Waals surface area (Å²) in [6.45, 7) is 2.63. The van der Waals surface area contributed by atoms with Gasteiger partial charge in [0.25, 0.3) is 0 Å². The Hall–Kier alpha value is 0.400. The maximum absolute atomic E-state index is 9.07. The number of hydrogen-bond acceptors (Lipinski definition) is 1. The smallest absolute Gasteiger partial charge is 0.0884 e. The summed E-state index contributed by atoms with van der Waals surface area (Å²) in [5.41, 5.74) is 0. The summed E-state index contributed by atoms with van der Waals surface area (Å²) in [5.74, 6) is 0. The number of quaternary nitrogens is 1. The molecule has 0 radical (unpaired) electrons. The highest BCUT2D eigenvalue weighted by Gasteiger charge is 2.22. The van der Waals surface area contributed by atoms with Crippen LogP contribution < -0.4 is 17.0 Å². The number of unbranched alkanes of at least 4 members (excludes halogenated alkanes) is 13. The lowest BCUT2D eigenvalue weighted by molar-refractivity contribution is -0.896. The van der Waals surface area contributed by atoms with Crippen molar-refractivity contribution in [3.8, 4) is 0 Å². The Labute approximate surface area is 176 Å². The van der Waals surface area contributed by atoms with Crippen LogP contribution in [0.2, 0.25) is 0 Å². The first kappa shape index (κ1) is 28.6. The van der Waals surface area contributed by atoms with E-state index in [1.54, 1.807) is 0 Å². The van der Waals surface area contributed by atoms with Crippen molar-refractivity contribution < 1.29 is 26.6 Å². The predicted molar refractivity (Wildman–Crippen MR) is 113 cm³/mol. The lowest BCUT2D eigenvalue weighted by atomic mass is 10.00. The average Bonchev–Trinajstić information content (AvgIpc) is 2.56. The Balaban J connectivity index is 0. The highest BCUT2D eigenvalue weighted by atomic mass is 79.9. The van der Waals surface area contributed by atoms with E-state index >= 15 is 0 Å². The van der Waals surface area contributed by atoms with E-state index in [1.165, 1.54) is 103 Å². The average molecular weight is 437 g/mol. The predicted octanol–water partition coefficient (Wildman–Crippen LogP) is 3.71. The van der Waals surface area contributed by atoms with Crippen LogP contribution in [0.3, 0.4) is 0 Å². The van der Waals surface area contributed by atoms with Crippen LogP contribution in [0.5, 0.6) is 0 Å². The zero-order valence-electron chi connectivity index (χ0n) is 18.6. The summed E-state index contributed by atoms with van der Waals surface area (Å²) in [7, 11) is 6.89. The summed E-state index contributed by atoms with van der Waals surface area (Å²) in [6, 6.07) is 0.712. The molecule has 0 fully saturated rings. The molecule has 0 aliphatic carbocycles. The highest BCUT2D eigenvalue weighted by Crippen LogP contribution is 2.19. The van der Waals surface area contributed by atoms with Gasteiger partial charge < -0.3 is 26.6 Å². The van der Waals surface area contributed by atoms with E-state index in [2.05, 4.69) is 28.1 Å². The van der Waals surface area contributed by atoms with E-state index in [4.69, 9.17) is 5.11 Å². The van der Waals surface area contributed by atoms with Gasteiger partial charge in [0.2, 0.25) is 0 Å². The number of hydrogen-bond donors (Lipinski definition) is 1. The number of aliphatic hydroxyl groups is 1. The molecule has 0 spiro atoms. The van der Waals surface area contributed by atoms with Crippen LogP contribution in [0.15, 0.2) is 0 Å². The first-order chi connectivity index (χ1) is 12.0. The van der Waals surface area contributed by atoms with E-state index in [1.807, 2.05) is 0 Å². The lowest BCUT2D eigenvalue weighted by Gasteiger charge is -2.34. The molecule has 1 atom stereocenters. The monoisotopic (exact) mass is 435 g/mol. The van der Waals surface area contributed by atoms with Crippen LogP contribution in [-0.4, -0.2) is 43.4 Å². The van der Waals surface area contributed by atoms with Crippen LogP contribution in [0.25, 0.3) is 0 Å². The zero-order chi connectivity index (χ0) is 18.8. The molecule has 0 aliphatic rings. The topological polar surface area (TPSA) is 20.2 Å². The molecule has 0 bridgehead atoms. The van der Waals surface area contributed by atoms with Gasteiger partial charge in [0.15, 0.2) is 0 Å². The molecule has 0 heterocycles. The van der Waals surface area contributed by atoms with Crippen LogP contribution >= 0.6 is 0 Å². The molecule has 1 N–H and O–H groups in total. The van der Waals surface area contributed by atoms with Crippen molar-refractivity contribution in [3.63, 3.8) is 0 Å². The molecule has 0 amide bonds. The normalized spacial score (nSPS) is 12.8. The molecule has 3 heteroatoms. The van der Waals surface area contributed by atoms with E-state index < -0.39 is 0 Å². The fourth-order valence-electron chi connectivity index (χ4n) is 3.82. The fourth-order valence-corrected chi connectivity index (χ4v) is 3.82. The van der Waals surface area contributed by atoms with Crippen molar-refractivity contribution in [2.24, 2.45) is 0 Å². The van der Waals surface area contributed by atoms with Gasteiger partial charge in [-0.1, -0.05) is 90.4 Å².